The molecule has 0 aliphatic carbocycles. The average molecular weight is 227 g/mol. The van der Waals surface area contributed by atoms with Crippen LogP contribution in [0.4, 0.5) is 0 Å². The first-order chi connectivity index (χ1) is 7.50. The van der Waals surface area contributed by atoms with E-state index in [4.69, 9.17) is 0 Å². The third kappa shape index (κ3) is 4.10. The van der Waals surface area contributed by atoms with Crippen molar-refractivity contribution in [3.8, 4) is 0 Å². The van der Waals surface area contributed by atoms with Gasteiger partial charge in [0.05, 0.1) is 6.54 Å². The van der Waals surface area contributed by atoms with Gasteiger partial charge in [-0.3, -0.25) is 9.69 Å². The molecule has 4 heteroatoms. The van der Waals surface area contributed by atoms with E-state index in [9.17, 15) is 4.79 Å². The number of carbonyl (C=O) groups excluding carboxylic acids is 1. The van der Waals surface area contributed by atoms with Crippen LogP contribution in [0.15, 0.2) is 0 Å². The van der Waals surface area contributed by atoms with Crippen molar-refractivity contribution in [1.29, 1.82) is 0 Å². The van der Waals surface area contributed by atoms with Gasteiger partial charge in [0.1, 0.15) is 0 Å². The Morgan fingerprint density at radius 3 is 2.56 bits per heavy atom. The summed E-state index contributed by atoms with van der Waals surface area (Å²) in [5.74, 6) is 0.236. The van der Waals surface area contributed by atoms with Crippen LogP contribution in [-0.4, -0.2) is 73.5 Å². The minimum Gasteiger partial charge on any atom is -0.342 e. The second-order valence-electron chi connectivity index (χ2n) is 5.03. The molecule has 1 saturated heterocycles. The van der Waals surface area contributed by atoms with E-state index in [0.29, 0.717) is 12.6 Å². The topological polar surface area (TPSA) is 26.8 Å². The molecule has 0 unspecified atom stereocenters. The molecule has 94 valence electrons. The Bertz CT molecular complexity index is 230. The van der Waals surface area contributed by atoms with Gasteiger partial charge in [-0.15, -0.1) is 0 Å². The summed E-state index contributed by atoms with van der Waals surface area (Å²) in [6, 6.07) is 0.294. The van der Waals surface area contributed by atoms with E-state index in [1.165, 1.54) is 0 Å². The third-order valence-electron chi connectivity index (χ3n) is 3.34. The van der Waals surface area contributed by atoms with Crippen molar-refractivity contribution in [2.75, 3.05) is 46.8 Å². The van der Waals surface area contributed by atoms with E-state index < -0.39 is 0 Å². The van der Waals surface area contributed by atoms with Gasteiger partial charge in [0.15, 0.2) is 0 Å². The zero-order valence-electron chi connectivity index (χ0n) is 11.1. The Kier molecular flexibility index (Phi) is 5.22. The van der Waals surface area contributed by atoms with Crippen molar-refractivity contribution in [3.63, 3.8) is 0 Å². The average Bonchev–Trinajstić information content (AvgIpc) is 2.42. The van der Waals surface area contributed by atoms with Gasteiger partial charge in [0, 0.05) is 26.2 Å². The molecule has 1 aliphatic rings. The van der Waals surface area contributed by atoms with Crippen LogP contribution in [0, 0.1) is 0 Å². The Hall–Kier alpha value is -0.610. The van der Waals surface area contributed by atoms with Crippen molar-refractivity contribution in [2.24, 2.45) is 0 Å². The molecule has 1 rings (SSSR count). The Morgan fingerprint density at radius 2 is 1.94 bits per heavy atom. The third-order valence-corrected chi connectivity index (χ3v) is 3.34. The SMILES string of the molecule is CC(C)N(C)C(=O)CN1CCCN(C)CC1. The van der Waals surface area contributed by atoms with E-state index in [-0.39, 0.29) is 5.91 Å². The molecule has 1 fully saturated rings. The van der Waals surface area contributed by atoms with Crippen molar-refractivity contribution in [3.05, 3.63) is 0 Å². The van der Waals surface area contributed by atoms with Crippen molar-refractivity contribution < 1.29 is 4.79 Å². The minimum absolute atomic E-state index is 0.236. The molecule has 16 heavy (non-hydrogen) atoms. The molecule has 1 heterocycles. The molecule has 0 N–H and O–H groups in total. The number of amides is 1. The number of rotatable bonds is 3. The highest BCUT2D eigenvalue weighted by atomic mass is 16.2. The summed E-state index contributed by atoms with van der Waals surface area (Å²) < 4.78 is 0. The van der Waals surface area contributed by atoms with Gasteiger partial charge >= 0.3 is 0 Å². The molecule has 0 saturated carbocycles. The summed E-state index contributed by atoms with van der Waals surface area (Å²) in [5.41, 5.74) is 0. The predicted octanol–water partition coefficient (Wildman–Crippen LogP) is 0.491. The molecular formula is C12H25N3O. The van der Waals surface area contributed by atoms with Crippen LogP contribution in [0.2, 0.25) is 0 Å². The molecule has 0 bridgehead atoms. The predicted molar refractivity (Wildman–Crippen MR) is 66.5 cm³/mol. The number of hydrogen-bond donors (Lipinski definition) is 0. The molecule has 0 aromatic carbocycles. The number of hydrogen-bond acceptors (Lipinski definition) is 3. The van der Waals surface area contributed by atoms with Crippen LogP contribution in [0.25, 0.3) is 0 Å². The molecule has 0 aromatic rings. The monoisotopic (exact) mass is 227 g/mol. The van der Waals surface area contributed by atoms with Gasteiger partial charge in [-0.05, 0) is 40.4 Å². The summed E-state index contributed by atoms with van der Waals surface area (Å²) >= 11 is 0. The maximum Gasteiger partial charge on any atom is 0.236 e. The quantitative estimate of drug-likeness (QED) is 0.702. The highest BCUT2D eigenvalue weighted by molar-refractivity contribution is 5.78. The maximum absolute atomic E-state index is 11.9. The zero-order chi connectivity index (χ0) is 12.1. The molecule has 0 aromatic heterocycles. The van der Waals surface area contributed by atoms with Crippen molar-refractivity contribution in [1.82, 2.24) is 14.7 Å². The smallest absolute Gasteiger partial charge is 0.236 e. The van der Waals surface area contributed by atoms with Gasteiger partial charge < -0.3 is 9.80 Å². The fourth-order valence-electron chi connectivity index (χ4n) is 1.85. The maximum atomic E-state index is 11.9. The summed E-state index contributed by atoms with van der Waals surface area (Å²) in [5, 5.41) is 0. The van der Waals surface area contributed by atoms with Gasteiger partial charge in [0.25, 0.3) is 0 Å². The summed E-state index contributed by atoms with van der Waals surface area (Å²) in [6.07, 6.45) is 1.16. The highest BCUT2D eigenvalue weighted by Gasteiger charge is 2.18. The molecule has 4 nitrogen and oxygen atoms in total. The van der Waals surface area contributed by atoms with E-state index >= 15 is 0 Å². The van der Waals surface area contributed by atoms with Gasteiger partial charge in [-0.1, -0.05) is 0 Å². The Labute approximate surface area is 99.2 Å². The summed E-state index contributed by atoms with van der Waals surface area (Å²) in [7, 11) is 4.03. The standard InChI is InChI=1S/C12H25N3O/c1-11(2)14(4)12(16)10-15-7-5-6-13(3)8-9-15/h11H,5-10H2,1-4H3. The second-order valence-corrected chi connectivity index (χ2v) is 5.03. The van der Waals surface area contributed by atoms with E-state index in [2.05, 4.69) is 16.8 Å². The largest absolute Gasteiger partial charge is 0.342 e. The van der Waals surface area contributed by atoms with Crippen LogP contribution >= 0.6 is 0 Å². The molecule has 1 amide bonds. The van der Waals surface area contributed by atoms with Crippen molar-refractivity contribution >= 4 is 5.91 Å². The van der Waals surface area contributed by atoms with Crippen LogP contribution in [0.5, 0.6) is 0 Å². The lowest BCUT2D eigenvalue weighted by Crippen LogP contribution is -2.42. The lowest BCUT2D eigenvalue weighted by atomic mass is 10.3. The van der Waals surface area contributed by atoms with Crippen LogP contribution in [0.1, 0.15) is 20.3 Å². The van der Waals surface area contributed by atoms with E-state index in [1.54, 1.807) is 0 Å². The molecule has 0 atom stereocenters. The Balaban J connectivity index is 2.38. The van der Waals surface area contributed by atoms with Gasteiger partial charge in [0.2, 0.25) is 5.91 Å². The minimum atomic E-state index is 0.236. The van der Waals surface area contributed by atoms with Gasteiger partial charge in [-0.2, -0.15) is 0 Å². The molecule has 0 radical (unpaired) electrons. The first-order valence-electron chi connectivity index (χ1n) is 6.17. The lowest BCUT2D eigenvalue weighted by Gasteiger charge is -2.26. The van der Waals surface area contributed by atoms with Crippen LogP contribution < -0.4 is 0 Å². The Morgan fingerprint density at radius 1 is 1.25 bits per heavy atom. The lowest BCUT2D eigenvalue weighted by molar-refractivity contribution is -0.132. The first kappa shape index (κ1) is 13.5. The normalized spacial score (nSPS) is 19.8. The van der Waals surface area contributed by atoms with Crippen LogP contribution in [0.3, 0.4) is 0 Å². The molecule has 1 aliphatic heterocycles. The first-order valence-corrected chi connectivity index (χ1v) is 6.17. The van der Waals surface area contributed by atoms with Crippen molar-refractivity contribution in [2.45, 2.75) is 26.3 Å². The zero-order valence-corrected chi connectivity index (χ0v) is 11.1. The van der Waals surface area contributed by atoms with Gasteiger partial charge in [-0.25, -0.2) is 0 Å². The summed E-state index contributed by atoms with van der Waals surface area (Å²) in [4.78, 5) is 18.3. The molecular weight excluding hydrogens is 202 g/mol. The molecule has 0 spiro atoms. The van der Waals surface area contributed by atoms with E-state index in [1.807, 2.05) is 25.8 Å². The number of carbonyl (C=O) groups is 1. The fourth-order valence-corrected chi connectivity index (χ4v) is 1.85. The van der Waals surface area contributed by atoms with E-state index in [0.717, 1.165) is 32.6 Å². The fraction of sp³-hybridized carbons (Fsp3) is 0.917. The number of nitrogens with zero attached hydrogens (tertiary/aromatic N) is 3. The second kappa shape index (κ2) is 6.21. The number of likely N-dealkylation sites (N-methyl/N-ethyl adjacent to an activating group) is 2. The highest BCUT2D eigenvalue weighted by Crippen LogP contribution is 2.03. The van der Waals surface area contributed by atoms with Crippen LogP contribution in [-0.2, 0) is 4.79 Å². The summed E-state index contributed by atoms with van der Waals surface area (Å²) in [6.45, 7) is 8.93.